The van der Waals surface area contributed by atoms with Crippen molar-refractivity contribution in [1.29, 1.82) is 0 Å². The second kappa shape index (κ2) is 10.5. The Kier molecular flexibility index (Phi) is 7.96. The smallest absolute Gasteiger partial charge is 0.416 e. The van der Waals surface area contributed by atoms with E-state index >= 15 is 0 Å². The van der Waals surface area contributed by atoms with Crippen molar-refractivity contribution in [2.24, 2.45) is 0 Å². The van der Waals surface area contributed by atoms with Crippen molar-refractivity contribution in [2.45, 2.75) is 52.1 Å². The number of alkyl halides is 3. The Morgan fingerprint density at radius 1 is 1.06 bits per heavy atom. The third-order valence-corrected chi connectivity index (χ3v) is 6.37. The molecule has 172 valence electrons. The second-order valence-electron chi connectivity index (χ2n) is 8.08. The zero-order valence-corrected chi connectivity index (χ0v) is 19.3. The SMILES string of the molecule is Cc1cc(CCCc2sc(-c3ccc(C(F)(F)F)cc3)nc2C(C)C)ccc1OCCO. The Morgan fingerprint density at radius 3 is 2.38 bits per heavy atom. The van der Waals surface area contributed by atoms with Gasteiger partial charge < -0.3 is 9.84 Å². The number of hydrogen-bond acceptors (Lipinski definition) is 4. The molecular weight excluding hydrogens is 435 g/mol. The molecule has 0 radical (unpaired) electrons. The number of hydrogen-bond donors (Lipinski definition) is 1. The van der Waals surface area contributed by atoms with Gasteiger partial charge in [-0.3, -0.25) is 0 Å². The molecule has 0 saturated carbocycles. The van der Waals surface area contributed by atoms with Gasteiger partial charge in [-0.05, 0) is 61.4 Å². The van der Waals surface area contributed by atoms with Crippen LogP contribution in [0.25, 0.3) is 10.6 Å². The number of aliphatic hydroxyl groups excluding tert-OH is 1. The van der Waals surface area contributed by atoms with Crippen LogP contribution in [0.15, 0.2) is 42.5 Å². The first-order chi connectivity index (χ1) is 15.2. The first kappa shape index (κ1) is 24.3. The van der Waals surface area contributed by atoms with Crippen molar-refractivity contribution in [2.75, 3.05) is 13.2 Å². The first-order valence-corrected chi connectivity index (χ1v) is 11.5. The van der Waals surface area contributed by atoms with Gasteiger partial charge in [0.25, 0.3) is 0 Å². The minimum atomic E-state index is -4.34. The minimum Gasteiger partial charge on any atom is -0.491 e. The summed E-state index contributed by atoms with van der Waals surface area (Å²) in [4.78, 5) is 5.94. The molecule has 3 rings (SSSR count). The number of aryl methyl sites for hydroxylation is 3. The van der Waals surface area contributed by atoms with Gasteiger partial charge in [0.15, 0.2) is 0 Å². The van der Waals surface area contributed by atoms with E-state index in [0.29, 0.717) is 5.56 Å². The molecule has 0 fully saturated rings. The molecule has 0 aliphatic carbocycles. The maximum Gasteiger partial charge on any atom is 0.416 e. The van der Waals surface area contributed by atoms with E-state index in [9.17, 15) is 13.2 Å². The Morgan fingerprint density at radius 2 is 1.78 bits per heavy atom. The second-order valence-corrected chi connectivity index (χ2v) is 9.17. The van der Waals surface area contributed by atoms with Crippen molar-refractivity contribution >= 4 is 11.3 Å². The van der Waals surface area contributed by atoms with Crippen LogP contribution in [0.5, 0.6) is 5.75 Å². The molecule has 1 N–H and O–H groups in total. The van der Waals surface area contributed by atoms with E-state index in [1.165, 1.54) is 22.6 Å². The Balaban J connectivity index is 1.69. The zero-order valence-electron chi connectivity index (χ0n) is 18.5. The normalized spacial score (nSPS) is 11.9. The van der Waals surface area contributed by atoms with Crippen LogP contribution < -0.4 is 4.74 Å². The predicted octanol–water partition coefficient (Wildman–Crippen LogP) is 6.81. The Hall–Kier alpha value is -2.38. The van der Waals surface area contributed by atoms with Gasteiger partial charge in [-0.2, -0.15) is 13.2 Å². The van der Waals surface area contributed by atoms with Crippen LogP contribution >= 0.6 is 11.3 Å². The molecule has 1 aromatic heterocycles. The number of aliphatic hydroxyl groups is 1. The number of benzene rings is 2. The summed E-state index contributed by atoms with van der Waals surface area (Å²) in [5.74, 6) is 1.03. The van der Waals surface area contributed by atoms with Crippen molar-refractivity contribution < 1.29 is 23.0 Å². The third kappa shape index (κ3) is 6.11. The molecule has 0 atom stereocenters. The summed E-state index contributed by atoms with van der Waals surface area (Å²) in [5.41, 5.74) is 3.35. The minimum absolute atomic E-state index is 0.0112. The number of halogens is 3. The topological polar surface area (TPSA) is 42.4 Å². The van der Waals surface area contributed by atoms with Crippen LogP contribution in [0.4, 0.5) is 13.2 Å². The highest BCUT2D eigenvalue weighted by Gasteiger charge is 2.30. The average Bonchev–Trinajstić information content (AvgIpc) is 3.17. The van der Waals surface area contributed by atoms with Gasteiger partial charge in [-0.1, -0.05) is 38.1 Å². The molecule has 0 bridgehead atoms. The molecular formula is C25H28F3NO2S. The quantitative estimate of drug-likeness (QED) is 0.379. The van der Waals surface area contributed by atoms with Gasteiger partial charge in [-0.25, -0.2) is 4.98 Å². The summed E-state index contributed by atoms with van der Waals surface area (Å²) in [6.07, 6.45) is -1.61. The fourth-order valence-electron chi connectivity index (χ4n) is 3.56. The fourth-order valence-corrected chi connectivity index (χ4v) is 4.82. The predicted molar refractivity (Wildman–Crippen MR) is 122 cm³/mol. The molecule has 3 aromatic rings. The summed E-state index contributed by atoms with van der Waals surface area (Å²) in [6.45, 7) is 6.44. The maximum atomic E-state index is 12.8. The lowest BCUT2D eigenvalue weighted by atomic mass is 10.0. The summed E-state index contributed by atoms with van der Waals surface area (Å²) in [6, 6.07) is 11.3. The third-order valence-electron chi connectivity index (χ3n) is 5.19. The van der Waals surface area contributed by atoms with Gasteiger partial charge in [0.1, 0.15) is 17.4 Å². The molecule has 2 aromatic carbocycles. The largest absolute Gasteiger partial charge is 0.491 e. The van der Waals surface area contributed by atoms with Crippen LogP contribution in [0, 0.1) is 6.92 Å². The van der Waals surface area contributed by atoms with Crippen molar-refractivity contribution in [1.82, 2.24) is 4.98 Å². The number of ether oxygens (including phenoxy) is 1. The summed E-state index contributed by atoms with van der Waals surface area (Å²) in [5, 5.41) is 9.67. The van der Waals surface area contributed by atoms with E-state index in [4.69, 9.17) is 14.8 Å². The molecule has 1 heterocycles. The molecule has 0 aliphatic rings. The summed E-state index contributed by atoms with van der Waals surface area (Å²) in [7, 11) is 0. The van der Waals surface area contributed by atoms with E-state index in [1.807, 2.05) is 19.1 Å². The average molecular weight is 464 g/mol. The standard InChI is InChI=1S/C25H28F3NO2S/c1-16(2)23-22(6-4-5-18-7-12-21(17(3)15-18)31-14-13-30)32-24(29-23)19-8-10-20(11-9-19)25(26,27)28/h7-12,15-16,30H,4-6,13-14H2,1-3H3. The van der Waals surface area contributed by atoms with Gasteiger partial charge >= 0.3 is 6.18 Å². The monoisotopic (exact) mass is 463 g/mol. The van der Waals surface area contributed by atoms with E-state index in [0.717, 1.165) is 53.4 Å². The molecule has 0 aliphatic heterocycles. The molecule has 32 heavy (non-hydrogen) atoms. The summed E-state index contributed by atoms with van der Waals surface area (Å²) < 4.78 is 44.1. The summed E-state index contributed by atoms with van der Waals surface area (Å²) >= 11 is 1.57. The van der Waals surface area contributed by atoms with Crippen molar-refractivity contribution in [3.05, 3.63) is 69.7 Å². The lowest BCUT2D eigenvalue weighted by Crippen LogP contribution is -2.03. The van der Waals surface area contributed by atoms with Gasteiger partial charge in [0.2, 0.25) is 0 Å². The van der Waals surface area contributed by atoms with E-state index < -0.39 is 11.7 Å². The molecule has 0 saturated heterocycles. The Bertz CT molecular complexity index is 1030. The number of aromatic nitrogens is 1. The molecule has 3 nitrogen and oxygen atoms in total. The molecule has 7 heteroatoms. The highest BCUT2D eigenvalue weighted by atomic mass is 32.1. The number of thiazole rings is 1. The van der Waals surface area contributed by atoms with Crippen LogP contribution in [0.2, 0.25) is 0 Å². The molecule has 0 unspecified atom stereocenters. The fraction of sp³-hybridized carbons (Fsp3) is 0.400. The molecule has 0 spiro atoms. The van der Waals surface area contributed by atoms with E-state index in [2.05, 4.69) is 19.9 Å². The lowest BCUT2D eigenvalue weighted by molar-refractivity contribution is -0.137. The lowest BCUT2D eigenvalue weighted by Gasteiger charge is -2.10. The maximum absolute atomic E-state index is 12.8. The zero-order chi connectivity index (χ0) is 23.3. The van der Waals surface area contributed by atoms with Crippen LogP contribution in [-0.4, -0.2) is 23.3 Å². The van der Waals surface area contributed by atoms with Crippen LogP contribution in [-0.2, 0) is 19.0 Å². The van der Waals surface area contributed by atoms with Gasteiger partial charge in [0.05, 0.1) is 17.9 Å². The van der Waals surface area contributed by atoms with Crippen molar-refractivity contribution in [3.63, 3.8) is 0 Å². The first-order valence-electron chi connectivity index (χ1n) is 10.7. The van der Waals surface area contributed by atoms with Crippen LogP contribution in [0.1, 0.15) is 53.4 Å². The molecule has 0 amide bonds. The Labute approximate surface area is 190 Å². The number of rotatable bonds is 9. The van der Waals surface area contributed by atoms with E-state index in [-0.39, 0.29) is 19.1 Å². The highest BCUT2D eigenvalue weighted by molar-refractivity contribution is 7.15. The van der Waals surface area contributed by atoms with Gasteiger partial charge in [0, 0.05) is 10.4 Å². The van der Waals surface area contributed by atoms with Crippen LogP contribution in [0.3, 0.4) is 0 Å². The highest BCUT2D eigenvalue weighted by Crippen LogP contribution is 2.35. The van der Waals surface area contributed by atoms with E-state index in [1.54, 1.807) is 11.3 Å². The van der Waals surface area contributed by atoms with Crippen molar-refractivity contribution in [3.8, 4) is 16.3 Å². The number of nitrogens with zero attached hydrogens (tertiary/aromatic N) is 1. The van der Waals surface area contributed by atoms with Gasteiger partial charge in [-0.15, -0.1) is 11.3 Å².